The van der Waals surface area contributed by atoms with E-state index in [0.717, 1.165) is 43.0 Å². The molecule has 0 spiro atoms. The van der Waals surface area contributed by atoms with Crippen molar-refractivity contribution >= 4 is 5.95 Å². The van der Waals surface area contributed by atoms with E-state index in [1.165, 1.54) is 12.8 Å². The molecular weight excluding hydrogens is 254 g/mol. The minimum absolute atomic E-state index is 0.599. The van der Waals surface area contributed by atoms with Gasteiger partial charge in [0.05, 0.1) is 12.5 Å². The Kier molecular flexibility index (Phi) is 2.73. The second kappa shape index (κ2) is 4.59. The van der Waals surface area contributed by atoms with Gasteiger partial charge in [-0.25, -0.2) is 4.98 Å². The molecule has 0 aromatic carbocycles. The zero-order valence-corrected chi connectivity index (χ0v) is 11.6. The van der Waals surface area contributed by atoms with Crippen LogP contribution >= 0.6 is 0 Å². The van der Waals surface area contributed by atoms with Crippen LogP contribution < -0.4 is 10.2 Å². The Morgan fingerprint density at radius 1 is 1.35 bits per heavy atom. The van der Waals surface area contributed by atoms with Gasteiger partial charge in [-0.15, -0.1) is 5.10 Å². The first-order chi connectivity index (χ1) is 9.81. The molecule has 0 amide bonds. The first-order valence-electron chi connectivity index (χ1n) is 7.18. The highest BCUT2D eigenvalue weighted by molar-refractivity contribution is 5.51. The fourth-order valence-electron chi connectivity index (χ4n) is 3.30. The standard InChI is InChI=1S/C13H19N7/c1-19-8-14-5-11(19)12-16-13(18-17-12)20-6-9-3-2-4-15-10(9)7-20/h5,8-10,15H,2-4,6-7H2,1H3,(H,16,17,18). The van der Waals surface area contributed by atoms with E-state index in [9.17, 15) is 0 Å². The summed E-state index contributed by atoms with van der Waals surface area (Å²) in [7, 11) is 1.96. The summed E-state index contributed by atoms with van der Waals surface area (Å²) in [6.07, 6.45) is 6.16. The number of imidazole rings is 1. The lowest BCUT2D eigenvalue weighted by atomic mass is 9.94. The second-order valence-corrected chi connectivity index (χ2v) is 5.74. The van der Waals surface area contributed by atoms with Crippen molar-refractivity contribution in [2.45, 2.75) is 18.9 Å². The molecule has 2 aromatic heterocycles. The molecule has 0 radical (unpaired) electrons. The van der Waals surface area contributed by atoms with Crippen molar-refractivity contribution in [3.05, 3.63) is 12.5 Å². The number of aromatic amines is 1. The van der Waals surface area contributed by atoms with Gasteiger partial charge in [0.15, 0.2) is 5.82 Å². The van der Waals surface area contributed by atoms with Gasteiger partial charge in [0, 0.05) is 26.2 Å². The largest absolute Gasteiger partial charge is 0.338 e. The number of aryl methyl sites for hydroxylation is 1. The lowest BCUT2D eigenvalue weighted by Gasteiger charge is -2.24. The van der Waals surface area contributed by atoms with Crippen LogP contribution in [-0.2, 0) is 7.05 Å². The maximum absolute atomic E-state index is 4.62. The van der Waals surface area contributed by atoms with Gasteiger partial charge >= 0.3 is 0 Å². The van der Waals surface area contributed by atoms with E-state index in [1.807, 2.05) is 11.6 Å². The Balaban J connectivity index is 1.55. The van der Waals surface area contributed by atoms with Crippen LogP contribution in [0.3, 0.4) is 0 Å². The smallest absolute Gasteiger partial charge is 0.245 e. The Bertz CT molecular complexity index is 587. The second-order valence-electron chi connectivity index (χ2n) is 5.74. The van der Waals surface area contributed by atoms with Gasteiger partial charge in [-0.3, -0.25) is 5.10 Å². The summed E-state index contributed by atoms with van der Waals surface area (Å²) < 4.78 is 1.94. The Hall–Kier alpha value is -1.89. The lowest BCUT2D eigenvalue weighted by Crippen LogP contribution is -2.40. The molecule has 0 saturated carbocycles. The first kappa shape index (κ1) is 11.9. The summed E-state index contributed by atoms with van der Waals surface area (Å²) in [6, 6.07) is 0.599. The summed E-state index contributed by atoms with van der Waals surface area (Å²) in [5, 5.41) is 11.0. The van der Waals surface area contributed by atoms with E-state index in [0.29, 0.717) is 6.04 Å². The Labute approximate surface area is 117 Å². The van der Waals surface area contributed by atoms with E-state index in [1.54, 1.807) is 12.5 Å². The van der Waals surface area contributed by atoms with Gasteiger partial charge in [-0.1, -0.05) is 0 Å². The van der Waals surface area contributed by atoms with Crippen molar-refractivity contribution in [1.29, 1.82) is 0 Å². The normalized spacial score (nSPS) is 25.9. The van der Waals surface area contributed by atoms with Gasteiger partial charge in [0.25, 0.3) is 0 Å². The quantitative estimate of drug-likeness (QED) is 0.828. The molecule has 7 nitrogen and oxygen atoms in total. The average Bonchev–Trinajstić information content (AvgIpc) is 3.15. The predicted molar refractivity (Wildman–Crippen MR) is 75.3 cm³/mol. The minimum Gasteiger partial charge on any atom is -0.338 e. The summed E-state index contributed by atoms with van der Waals surface area (Å²) in [5.41, 5.74) is 0.957. The third-order valence-electron chi connectivity index (χ3n) is 4.41. The van der Waals surface area contributed by atoms with Crippen LogP contribution in [0.4, 0.5) is 5.95 Å². The topological polar surface area (TPSA) is 74.7 Å². The lowest BCUT2D eigenvalue weighted by molar-refractivity contribution is 0.340. The number of aromatic nitrogens is 5. The molecule has 2 unspecified atom stereocenters. The maximum atomic E-state index is 4.62. The van der Waals surface area contributed by atoms with E-state index in [-0.39, 0.29) is 0 Å². The molecule has 20 heavy (non-hydrogen) atoms. The molecule has 0 aliphatic carbocycles. The molecule has 2 fully saturated rings. The molecule has 106 valence electrons. The van der Waals surface area contributed by atoms with Crippen molar-refractivity contribution in [2.75, 3.05) is 24.5 Å². The SMILES string of the molecule is Cn1cncc1-c1nc(N2CC3CCCNC3C2)n[nH]1. The van der Waals surface area contributed by atoms with Crippen LogP contribution in [0.2, 0.25) is 0 Å². The van der Waals surface area contributed by atoms with Gasteiger partial charge in [-0.2, -0.15) is 4.98 Å². The number of rotatable bonds is 2. The Morgan fingerprint density at radius 3 is 3.10 bits per heavy atom. The van der Waals surface area contributed by atoms with Crippen molar-refractivity contribution in [3.63, 3.8) is 0 Å². The molecule has 2 N–H and O–H groups in total. The first-order valence-corrected chi connectivity index (χ1v) is 7.18. The number of anilines is 1. The number of fused-ring (bicyclic) bond motifs is 1. The molecule has 2 aliphatic rings. The molecule has 2 saturated heterocycles. The highest BCUT2D eigenvalue weighted by Crippen LogP contribution is 2.28. The molecule has 0 bridgehead atoms. The molecule has 2 aromatic rings. The van der Waals surface area contributed by atoms with Gasteiger partial charge in [-0.05, 0) is 25.3 Å². The van der Waals surface area contributed by atoms with E-state index in [2.05, 4.69) is 30.4 Å². The van der Waals surface area contributed by atoms with Crippen molar-refractivity contribution < 1.29 is 0 Å². The molecule has 4 heterocycles. The van der Waals surface area contributed by atoms with Gasteiger partial charge in [0.1, 0.15) is 5.69 Å². The molecule has 2 aliphatic heterocycles. The summed E-state index contributed by atoms with van der Waals surface area (Å²) in [4.78, 5) is 11.0. The van der Waals surface area contributed by atoms with Gasteiger partial charge < -0.3 is 14.8 Å². The van der Waals surface area contributed by atoms with Crippen LogP contribution in [0.1, 0.15) is 12.8 Å². The van der Waals surface area contributed by atoms with Crippen molar-refractivity contribution in [3.8, 4) is 11.5 Å². The van der Waals surface area contributed by atoms with E-state index in [4.69, 9.17) is 0 Å². The fourth-order valence-corrected chi connectivity index (χ4v) is 3.30. The molecule has 4 rings (SSSR count). The number of H-pyrrole nitrogens is 1. The number of nitrogens with one attached hydrogen (secondary N) is 2. The summed E-state index contributed by atoms with van der Waals surface area (Å²) in [6.45, 7) is 3.21. The number of hydrogen-bond acceptors (Lipinski definition) is 5. The highest BCUT2D eigenvalue weighted by Gasteiger charge is 2.35. The third kappa shape index (κ3) is 1.89. The van der Waals surface area contributed by atoms with Crippen LogP contribution in [0.5, 0.6) is 0 Å². The molecular formula is C13H19N7. The number of nitrogens with zero attached hydrogens (tertiary/aromatic N) is 5. The van der Waals surface area contributed by atoms with E-state index < -0.39 is 0 Å². The number of hydrogen-bond donors (Lipinski definition) is 2. The van der Waals surface area contributed by atoms with Crippen LogP contribution in [0, 0.1) is 5.92 Å². The Morgan fingerprint density at radius 2 is 2.30 bits per heavy atom. The minimum atomic E-state index is 0.599. The highest BCUT2D eigenvalue weighted by atomic mass is 15.4. The average molecular weight is 273 g/mol. The zero-order valence-electron chi connectivity index (χ0n) is 11.6. The third-order valence-corrected chi connectivity index (χ3v) is 4.41. The van der Waals surface area contributed by atoms with Crippen LogP contribution in [-0.4, -0.2) is 50.4 Å². The van der Waals surface area contributed by atoms with Crippen molar-refractivity contribution in [1.82, 2.24) is 30.0 Å². The number of piperidine rings is 1. The predicted octanol–water partition coefficient (Wildman–Crippen LogP) is 0.393. The van der Waals surface area contributed by atoms with E-state index >= 15 is 0 Å². The van der Waals surface area contributed by atoms with Crippen LogP contribution in [0.25, 0.3) is 11.5 Å². The summed E-state index contributed by atoms with van der Waals surface area (Å²) >= 11 is 0. The zero-order chi connectivity index (χ0) is 13.5. The maximum Gasteiger partial charge on any atom is 0.245 e. The molecule has 7 heteroatoms. The van der Waals surface area contributed by atoms with Gasteiger partial charge in [0.2, 0.25) is 5.95 Å². The summed E-state index contributed by atoms with van der Waals surface area (Å²) in [5.74, 6) is 2.32. The van der Waals surface area contributed by atoms with Crippen molar-refractivity contribution in [2.24, 2.45) is 13.0 Å². The monoisotopic (exact) mass is 273 g/mol. The molecule has 2 atom stereocenters. The fraction of sp³-hybridized carbons (Fsp3) is 0.615. The van der Waals surface area contributed by atoms with Crippen LogP contribution in [0.15, 0.2) is 12.5 Å².